The minimum atomic E-state index is 0.325. The zero-order valence-corrected chi connectivity index (χ0v) is 13.7. The van der Waals surface area contributed by atoms with Gasteiger partial charge in [-0.1, -0.05) is 43.2 Å². The van der Waals surface area contributed by atoms with Gasteiger partial charge in [-0.2, -0.15) is 0 Å². The lowest BCUT2D eigenvalue weighted by Crippen LogP contribution is -2.12. The first-order valence-electron chi connectivity index (χ1n) is 8.59. The molecule has 1 aliphatic rings. The van der Waals surface area contributed by atoms with Crippen molar-refractivity contribution in [1.82, 2.24) is 4.98 Å². The molecular formula is C21H21NO2. The Bertz CT molecular complexity index is 819. The molecule has 0 atom stereocenters. The fraction of sp³-hybridized carbons (Fsp3) is 0.286. The number of rotatable bonds is 5. The van der Waals surface area contributed by atoms with Gasteiger partial charge in [0.1, 0.15) is 5.75 Å². The lowest BCUT2D eigenvalue weighted by molar-refractivity contribution is -0.0324. The molecule has 1 heterocycles. The van der Waals surface area contributed by atoms with Crippen LogP contribution >= 0.6 is 0 Å². The number of aromatic nitrogens is 1. The summed E-state index contributed by atoms with van der Waals surface area (Å²) in [6.45, 7) is 0.325. The fourth-order valence-corrected chi connectivity index (χ4v) is 3.35. The lowest BCUT2D eigenvalue weighted by atomic mass is 10.0. The van der Waals surface area contributed by atoms with Crippen molar-refractivity contribution in [2.75, 3.05) is 6.79 Å². The maximum absolute atomic E-state index is 5.80. The standard InChI is InChI=1S/C21H21NO2/c1-2-8-17(7-1)23-15-24-18-9-5-6-16(14-18)19-12-13-22-21-11-4-3-10-20(19)21/h3-6,9-14,17H,1-2,7-8,15H2. The van der Waals surface area contributed by atoms with Crippen LogP contribution in [0.15, 0.2) is 60.8 Å². The lowest BCUT2D eigenvalue weighted by Gasteiger charge is -2.13. The summed E-state index contributed by atoms with van der Waals surface area (Å²) < 4.78 is 11.6. The van der Waals surface area contributed by atoms with Crippen LogP contribution in [0.5, 0.6) is 5.75 Å². The first kappa shape index (κ1) is 15.2. The Morgan fingerprint density at radius 3 is 2.75 bits per heavy atom. The van der Waals surface area contributed by atoms with Gasteiger partial charge in [-0.3, -0.25) is 4.98 Å². The summed E-state index contributed by atoms with van der Waals surface area (Å²) in [4.78, 5) is 4.43. The molecule has 1 fully saturated rings. The van der Waals surface area contributed by atoms with Crippen molar-refractivity contribution in [3.8, 4) is 16.9 Å². The second kappa shape index (κ2) is 7.02. The van der Waals surface area contributed by atoms with Gasteiger partial charge >= 0.3 is 0 Å². The van der Waals surface area contributed by atoms with Crippen molar-refractivity contribution < 1.29 is 9.47 Å². The Morgan fingerprint density at radius 1 is 0.958 bits per heavy atom. The van der Waals surface area contributed by atoms with E-state index < -0.39 is 0 Å². The van der Waals surface area contributed by atoms with Gasteiger partial charge in [-0.15, -0.1) is 0 Å². The number of benzene rings is 2. The number of fused-ring (bicyclic) bond motifs is 1. The third kappa shape index (κ3) is 3.26. The van der Waals surface area contributed by atoms with Crippen molar-refractivity contribution in [3.05, 3.63) is 60.8 Å². The Kier molecular flexibility index (Phi) is 4.43. The monoisotopic (exact) mass is 319 g/mol. The third-order valence-electron chi connectivity index (χ3n) is 4.63. The first-order chi connectivity index (χ1) is 11.9. The summed E-state index contributed by atoms with van der Waals surface area (Å²) in [5, 5.41) is 1.15. The van der Waals surface area contributed by atoms with Gasteiger partial charge in [0.05, 0.1) is 11.6 Å². The van der Waals surface area contributed by atoms with Crippen molar-refractivity contribution in [1.29, 1.82) is 0 Å². The average Bonchev–Trinajstić information content (AvgIpc) is 3.15. The molecule has 0 bridgehead atoms. The highest BCUT2D eigenvalue weighted by molar-refractivity contribution is 5.94. The molecule has 0 unspecified atom stereocenters. The van der Waals surface area contributed by atoms with Crippen molar-refractivity contribution >= 4 is 10.9 Å². The second-order valence-electron chi connectivity index (χ2n) is 6.24. The molecule has 0 aliphatic heterocycles. The molecule has 3 heteroatoms. The van der Waals surface area contributed by atoms with Crippen LogP contribution in [0.1, 0.15) is 25.7 Å². The zero-order chi connectivity index (χ0) is 16.2. The third-order valence-corrected chi connectivity index (χ3v) is 4.63. The summed E-state index contributed by atoms with van der Waals surface area (Å²) >= 11 is 0. The molecule has 1 aliphatic carbocycles. The van der Waals surface area contributed by atoms with E-state index in [4.69, 9.17) is 9.47 Å². The Morgan fingerprint density at radius 2 is 1.83 bits per heavy atom. The quantitative estimate of drug-likeness (QED) is 0.606. The second-order valence-corrected chi connectivity index (χ2v) is 6.24. The first-order valence-corrected chi connectivity index (χ1v) is 8.59. The number of hydrogen-bond donors (Lipinski definition) is 0. The molecule has 2 aromatic carbocycles. The van der Waals surface area contributed by atoms with Crippen LogP contribution in [0.4, 0.5) is 0 Å². The molecule has 24 heavy (non-hydrogen) atoms. The van der Waals surface area contributed by atoms with Crippen molar-refractivity contribution in [2.24, 2.45) is 0 Å². The molecule has 0 radical (unpaired) electrons. The van der Waals surface area contributed by atoms with Crippen LogP contribution in [0.3, 0.4) is 0 Å². The van der Waals surface area contributed by atoms with Gasteiger partial charge in [-0.05, 0) is 48.2 Å². The maximum Gasteiger partial charge on any atom is 0.189 e. The smallest absolute Gasteiger partial charge is 0.189 e. The van der Waals surface area contributed by atoms with Gasteiger partial charge in [0.15, 0.2) is 6.79 Å². The molecule has 1 aromatic heterocycles. The number of pyridine rings is 1. The predicted molar refractivity (Wildman–Crippen MR) is 96.0 cm³/mol. The summed E-state index contributed by atoms with van der Waals surface area (Å²) in [6, 6.07) is 18.4. The molecule has 0 N–H and O–H groups in total. The topological polar surface area (TPSA) is 31.4 Å². The summed E-state index contributed by atoms with van der Waals surface area (Å²) in [5.74, 6) is 0.839. The van der Waals surface area contributed by atoms with Crippen LogP contribution in [0.2, 0.25) is 0 Å². The van der Waals surface area contributed by atoms with Crippen LogP contribution < -0.4 is 4.74 Å². The molecule has 3 nitrogen and oxygen atoms in total. The number of ether oxygens (including phenoxy) is 2. The predicted octanol–water partition coefficient (Wildman–Crippen LogP) is 5.20. The van der Waals surface area contributed by atoms with Gasteiger partial charge < -0.3 is 9.47 Å². The number of para-hydroxylation sites is 1. The van der Waals surface area contributed by atoms with E-state index in [1.54, 1.807) is 0 Å². The molecule has 3 aromatic rings. The van der Waals surface area contributed by atoms with Crippen LogP contribution in [0, 0.1) is 0 Å². The fourth-order valence-electron chi connectivity index (χ4n) is 3.35. The van der Waals surface area contributed by atoms with Gasteiger partial charge in [0.25, 0.3) is 0 Å². The van der Waals surface area contributed by atoms with E-state index in [9.17, 15) is 0 Å². The Balaban J connectivity index is 1.53. The van der Waals surface area contributed by atoms with E-state index in [2.05, 4.69) is 29.2 Å². The van der Waals surface area contributed by atoms with E-state index in [1.807, 2.05) is 36.5 Å². The number of nitrogens with zero attached hydrogens (tertiary/aromatic N) is 1. The van der Waals surface area contributed by atoms with Gasteiger partial charge in [0.2, 0.25) is 0 Å². The highest BCUT2D eigenvalue weighted by atomic mass is 16.7. The molecular weight excluding hydrogens is 298 g/mol. The summed E-state index contributed by atoms with van der Waals surface area (Å²) in [5.41, 5.74) is 3.31. The zero-order valence-electron chi connectivity index (χ0n) is 13.7. The average molecular weight is 319 g/mol. The van der Waals surface area contributed by atoms with E-state index >= 15 is 0 Å². The maximum atomic E-state index is 5.80. The number of hydrogen-bond acceptors (Lipinski definition) is 3. The van der Waals surface area contributed by atoms with Gasteiger partial charge in [0, 0.05) is 11.6 Å². The molecule has 0 spiro atoms. The van der Waals surface area contributed by atoms with E-state index in [1.165, 1.54) is 18.4 Å². The minimum Gasteiger partial charge on any atom is -0.468 e. The molecule has 1 saturated carbocycles. The SMILES string of the molecule is c1cc(OCOC2CCCC2)cc(-c2ccnc3ccccc23)c1. The normalized spacial score (nSPS) is 15.0. The van der Waals surface area contributed by atoms with E-state index in [-0.39, 0.29) is 0 Å². The molecule has 4 rings (SSSR count). The Labute approximate surface area is 142 Å². The summed E-state index contributed by atoms with van der Waals surface area (Å²) in [7, 11) is 0. The van der Waals surface area contributed by atoms with Crippen LogP contribution in [-0.2, 0) is 4.74 Å². The van der Waals surface area contributed by atoms with Crippen LogP contribution in [0.25, 0.3) is 22.0 Å². The van der Waals surface area contributed by atoms with E-state index in [0.717, 1.165) is 35.1 Å². The molecule has 0 amide bonds. The summed E-state index contributed by atoms with van der Waals surface area (Å²) in [6.07, 6.45) is 7.09. The largest absolute Gasteiger partial charge is 0.468 e. The van der Waals surface area contributed by atoms with Crippen LogP contribution in [-0.4, -0.2) is 17.9 Å². The minimum absolute atomic E-state index is 0.325. The van der Waals surface area contributed by atoms with E-state index in [0.29, 0.717) is 12.9 Å². The van der Waals surface area contributed by atoms with Crippen molar-refractivity contribution in [3.63, 3.8) is 0 Å². The Hall–Kier alpha value is -2.39. The molecule has 122 valence electrons. The van der Waals surface area contributed by atoms with Crippen molar-refractivity contribution in [2.45, 2.75) is 31.8 Å². The highest BCUT2D eigenvalue weighted by Gasteiger charge is 2.15. The highest BCUT2D eigenvalue weighted by Crippen LogP contribution is 2.29. The molecule has 0 saturated heterocycles. The van der Waals surface area contributed by atoms with Gasteiger partial charge in [-0.25, -0.2) is 0 Å².